The molecule has 0 aromatic heterocycles. The normalized spacial score (nSPS) is 22.2. The highest BCUT2D eigenvalue weighted by Gasteiger charge is 2.50. The van der Waals surface area contributed by atoms with Gasteiger partial charge in [-0.05, 0) is 104 Å². The summed E-state index contributed by atoms with van der Waals surface area (Å²) >= 11 is 0. The van der Waals surface area contributed by atoms with Crippen LogP contribution in [0.3, 0.4) is 0 Å². The van der Waals surface area contributed by atoms with Crippen LogP contribution in [0.15, 0.2) is 66.7 Å². The SMILES string of the molecule is CNc1ccc(C(=O)NCC(C(=O)Nc2cc(C(=O)OC)cc(C(=O)OC)c2)c2ccccc2)c(C(=O)NCC23CC4CC(CC(C4)C2)C3)c1. The molecule has 50 heavy (non-hydrogen) atoms. The number of methoxy groups -OCH3 is 2. The average Bonchev–Trinajstić information content (AvgIpc) is 3.12. The summed E-state index contributed by atoms with van der Waals surface area (Å²) in [6.07, 6.45) is 7.42. The van der Waals surface area contributed by atoms with Gasteiger partial charge in [0.2, 0.25) is 5.91 Å². The fraction of sp³-hybridized carbons (Fsp3) is 0.410. The van der Waals surface area contributed by atoms with Gasteiger partial charge in [-0.1, -0.05) is 30.3 Å². The van der Waals surface area contributed by atoms with Crippen molar-refractivity contribution in [3.8, 4) is 0 Å². The maximum atomic E-state index is 13.8. The van der Waals surface area contributed by atoms with Crippen molar-refractivity contribution in [3.63, 3.8) is 0 Å². The Hall–Kier alpha value is -5.19. The molecule has 0 saturated heterocycles. The van der Waals surface area contributed by atoms with E-state index in [1.54, 1.807) is 49.5 Å². The Bertz CT molecular complexity index is 1720. The molecule has 0 aliphatic heterocycles. The number of esters is 2. The number of nitrogens with one attached hydrogen (secondary N) is 4. The van der Waals surface area contributed by atoms with E-state index in [0.29, 0.717) is 17.8 Å². The maximum Gasteiger partial charge on any atom is 0.337 e. The van der Waals surface area contributed by atoms with Gasteiger partial charge in [0, 0.05) is 31.5 Å². The van der Waals surface area contributed by atoms with Crippen molar-refractivity contribution in [2.75, 3.05) is 45.0 Å². The molecule has 1 unspecified atom stereocenters. The Labute approximate surface area is 291 Å². The lowest BCUT2D eigenvalue weighted by atomic mass is 9.49. The molecule has 0 radical (unpaired) electrons. The minimum Gasteiger partial charge on any atom is -0.465 e. The number of carbonyl (C=O) groups is 5. The second kappa shape index (κ2) is 14.7. The molecule has 4 fully saturated rings. The molecular formula is C39H44N4O7. The fourth-order valence-electron chi connectivity index (χ4n) is 8.69. The highest BCUT2D eigenvalue weighted by molar-refractivity contribution is 6.08. The predicted molar refractivity (Wildman–Crippen MR) is 188 cm³/mol. The molecule has 4 N–H and O–H groups in total. The fourth-order valence-corrected chi connectivity index (χ4v) is 8.69. The Morgan fingerprint density at radius 1 is 0.720 bits per heavy atom. The van der Waals surface area contributed by atoms with Crippen LogP contribution in [0.4, 0.5) is 11.4 Å². The van der Waals surface area contributed by atoms with E-state index in [0.717, 1.165) is 37.0 Å². The van der Waals surface area contributed by atoms with Crippen molar-refractivity contribution >= 4 is 41.0 Å². The van der Waals surface area contributed by atoms with Gasteiger partial charge in [0.05, 0.1) is 42.4 Å². The van der Waals surface area contributed by atoms with Gasteiger partial charge in [-0.2, -0.15) is 0 Å². The molecular weight excluding hydrogens is 636 g/mol. The molecule has 0 heterocycles. The van der Waals surface area contributed by atoms with Gasteiger partial charge in [0.15, 0.2) is 0 Å². The number of rotatable bonds is 12. The van der Waals surface area contributed by atoms with E-state index in [1.165, 1.54) is 51.7 Å². The van der Waals surface area contributed by atoms with Crippen molar-refractivity contribution in [2.24, 2.45) is 23.2 Å². The number of hydrogen-bond donors (Lipinski definition) is 4. The zero-order valence-electron chi connectivity index (χ0n) is 28.7. The van der Waals surface area contributed by atoms with Crippen molar-refractivity contribution in [1.82, 2.24) is 10.6 Å². The highest BCUT2D eigenvalue weighted by Crippen LogP contribution is 2.59. The first-order valence-corrected chi connectivity index (χ1v) is 17.2. The molecule has 3 aromatic rings. The highest BCUT2D eigenvalue weighted by atomic mass is 16.5. The summed E-state index contributed by atoms with van der Waals surface area (Å²) in [7, 11) is 4.18. The first-order valence-electron chi connectivity index (χ1n) is 17.2. The second-order valence-electron chi connectivity index (χ2n) is 14.1. The summed E-state index contributed by atoms with van der Waals surface area (Å²) in [5.74, 6) is -1.27. The molecule has 1 atom stereocenters. The lowest BCUT2D eigenvalue weighted by Gasteiger charge is -2.56. The molecule has 4 bridgehead atoms. The lowest BCUT2D eigenvalue weighted by Crippen LogP contribution is -2.51. The molecule has 0 spiro atoms. The minimum atomic E-state index is -0.867. The second-order valence-corrected chi connectivity index (χ2v) is 14.1. The first-order chi connectivity index (χ1) is 24.1. The topological polar surface area (TPSA) is 152 Å². The van der Waals surface area contributed by atoms with Crippen molar-refractivity contribution in [3.05, 3.63) is 94.5 Å². The van der Waals surface area contributed by atoms with Crippen LogP contribution in [-0.4, -0.2) is 64.0 Å². The number of anilines is 2. The van der Waals surface area contributed by atoms with Crippen molar-refractivity contribution < 1.29 is 33.4 Å². The summed E-state index contributed by atoms with van der Waals surface area (Å²) in [4.78, 5) is 66.0. The van der Waals surface area contributed by atoms with Crippen LogP contribution in [-0.2, 0) is 14.3 Å². The molecule has 3 amide bonds. The van der Waals surface area contributed by atoms with Crippen LogP contribution >= 0.6 is 0 Å². The quantitative estimate of drug-likeness (QED) is 0.186. The van der Waals surface area contributed by atoms with Crippen LogP contribution < -0.4 is 21.3 Å². The Kier molecular flexibility index (Phi) is 10.2. The molecule has 262 valence electrons. The van der Waals surface area contributed by atoms with Crippen LogP contribution in [0, 0.1) is 23.2 Å². The van der Waals surface area contributed by atoms with E-state index >= 15 is 0 Å². The molecule has 4 aliphatic carbocycles. The van der Waals surface area contributed by atoms with Gasteiger partial charge < -0.3 is 30.7 Å². The van der Waals surface area contributed by atoms with E-state index in [2.05, 4.69) is 21.3 Å². The summed E-state index contributed by atoms with van der Waals surface area (Å²) < 4.78 is 9.63. The Balaban J connectivity index is 1.19. The van der Waals surface area contributed by atoms with Crippen molar-refractivity contribution in [1.29, 1.82) is 0 Å². The summed E-state index contributed by atoms with van der Waals surface area (Å²) in [5, 5.41) is 11.9. The summed E-state index contributed by atoms with van der Waals surface area (Å²) in [5.41, 5.74) is 2.19. The van der Waals surface area contributed by atoms with E-state index in [9.17, 15) is 24.0 Å². The van der Waals surface area contributed by atoms with E-state index in [1.807, 2.05) is 6.07 Å². The summed E-state index contributed by atoms with van der Waals surface area (Å²) in [6.45, 7) is 0.503. The number of hydrogen-bond acceptors (Lipinski definition) is 8. The minimum absolute atomic E-state index is 0.0503. The van der Waals surface area contributed by atoms with E-state index in [4.69, 9.17) is 9.47 Å². The van der Waals surface area contributed by atoms with Gasteiger partial charge >= 0.3 is 11.9 Å². The zero-order valence-corrected chi connectivity index (χ0v) is 28.7. The van der Waals surface area contributed by atoms with Crippen LogP contribution in [0.25, 0.3) is 0 Å². The maximum absolute atomic E-state index is 13.8. The number of ether oxygens (including phenoxy) is 2. The smallest absolute Gasteiger partial charge is 0.337 e. The number of benzene rings is 3. The molecule has 7 rings (SSSR count). The van der Waals surface area contributed by atoms with Gasteiger partial charge in [-0.15, -0.1) is 0 Å². The van der Waals surface area contributed by atoms with E-state index < -0.39 is 29.7 Å². The van der Waals surface area contributed by atoms with Gasteiger partial charge in [-0.25, -0.2) is 9.59 Å². The molecule has 4 aliphatic rings. The van der Waals surface area contributed by atoms with Gasteiger partial charge in [-0.3, -0.25) is 14.4 Å². The molecule has 11 nitrogen and oxygen atoms in total. The molecule has 11 heteroatoms. The molecule has 3 aromatic carbocycles. The first kappa shape index (κ1) is 34.7. The van der Waals surface area contributed by atoms with Gasteiger partial charge in [0.1, 0.15) is 0 Å². The third kappa shape index (κ3) is 7.51. The van der Waals surface area contributed by atoms with E-state index in [-0.39, 0.29) is 45.8 Å². The van der Waals surface area contributed by atoms with Crippen molar-refractivity contribution in [2.45, 2.75) is 44.4 Å². The average molecular weight is 681 g/mol. The van der Waals surface area contributed by atoms with Crippen LogP contribution in [0.2, 0.25) is 0 Å². The van der Waals surface area contributed by atoms with Crippen LogP contribution in [0.5, 0.6) is 0 Å². The number of carbonyl (C=O) groups excluding carboxylic acids is 5. The third-order valence-electron chi connectivity index (χ3n) is 10.6. The van der Waals surface area contributed by atoms with Crippen LogP contribution in [0.1, 0.15) is 91.4 Å². The summed E-state index contributed by atoms with van der Waals surface area (Å²) in [6, 6.07) is 18.1. The number of amides is 3. The Morgan fingerprint density at radius 2 is 1.30 bits per heavy atom. The van der Waals surface area contributed by atoms with Gasteiger partial charge in [0.25, 0.3) is 11.8 Å². The zero-order chi connectivity index (χ0) is 35.4. The lowest BCUT2D eigenvalue weighted by molar-refractivity contribution is -0.117. The standard InChI is InChI=1S/C39H44N4O7/c1-40-29-9-10-31(32(17-29)35(45)42-22-39-18-23-11-24(19-39)13-25(12-23)20-39)34(44)41-21-33(26-7-5-4-6-8-26)36(46)43-30-15-27(37(47)49-2)14-28(16-30)38(48)50-3/h4-10,14-17,23-25,33,40H,11-13,18-22H2,1-3H3,(H,41,44)(H,42,45)(H,43,46). The third-order valence-corrected chi connectivity index (χ3v) is 10.6. The largest absolute Gasteiger partial charge is 0.465 e. The Morgan fingerprint density at radius 3 is 1.86 bits per heavy atom. The monoisotopic (exact) mass is 680 g/mol. The predicted octanol–water partition coefficient (Wildman–Crippen LogP) is 5.40. The molecule has 4 saturated carbocycles.